The second-order valence-corrected chi connectivity index (χ2v) is 11.1. The van der Waals surface area contributed by atoms with Crippen molar-refractivity contribution < 1.29 is 24.5 Å². The van der Waals surface area contributed by atoms with Crippen LogP contribution in [-0.2, 0) is 35.3 Å². The Morgan fingerprint density at radius 3 is 2.65 bits per heavy atom. The number of amides is 1. The molecule has 3 aromatic rings. The Bertz CT molecular complexity index is 1470. The van der Waals surface area contributed by atoms with Gasteiger partial charge >= 0.3 is 12.1 Å². The number of aromatic nitrogens is 4. The van der Waals surface area contributed by atoms with Gasteiger partial charge in [-0.2, -0.15) is 4.98 Å². The Hall–Kier alpha value is -3.95. The first-order valence-corrected chi connectivity index (χ1v) is 14.1. The molecule has 0 bridgehead atoms. The molecule has 0 radical (unpaired) electrons. The molecule has 40 heavy (non-hydrogen) atoms. The van der Waals surface area contributed by atoms with Gasteiger partial charge in [-0.25, -0.2) is 19.1 Å². The zero-order valence-electron chi connectivity index (χ0n) is 23.4. The van der Waals surface area contributed by atoms with Gasteiger partial charge in [-0.15, -0.1) is 5.10 Å². The Kier molecular flexibility index (Phi) is 7.78. The summed E-state index contributed by atoms with van der Waals surface area (Å²) in [5.74, 6) is 0.630. The van der Waals surface area contributed by atoms with Crippen molar-refractivity contribution in [1.82, 2.24) is 24.9 Å². The third kappa shape index (κ3) is 5.66. The average molecular weight is 548 g/mol. The summed E-state index contributed by atoms with van der Waals surface area (Å²) >= 11 is 0. The largest absolute Gasteiger partial charge is 0.512 e. The van der Waals surface area contributed by atoms with Crippen LogP contribution in [-0.4, -0.2) is 47.5 Å². The van der Waals surface area contributed by atoms with Crippen molar-refractivity contribution in [3.8, 4) is 0 Å². The molecule has 1 unspecified atom stereocenters. The number of aliphatic hydroxyl groups is 1. The predicted octanol–water partition coefficient (Wildman–Crippen LogP) is 4.93. The van der Waals surface area contributed by atoms with Crippen molar-refractivity contribution in [1.29, 1.82) is 0 Å². The predicted molar refractivity (Wildman–Crippen MR) is 148 cm³/mol. The second-order valence-electron chi connectivity index (χ2n) is 11.1. The number of esters is 1. The SMILES string of the molecule is CCc1cc(CCC2(C3CCCC3)CC(O)=C(Cc3nc4nc(C)cc(C)n4n3)C(=O)O2)ccc1CNC(=O)O. The lowest BCUT2D eigenvalue weighted by Crippen LogP contribution is -2.46. The van der Waals surface area contributed by atoms with Gasteiger partial charge in [-0.3, -0.25) is 0 Å². The van der Waals surface area contributed by atoms with E-state index in [2.05, 4.69) is 26.4 Å². The molecule has 3 heterocycles. The highest BCUT2D eigenvalue weighted by Crippen LogP contribution is 2.46. The maximum Gasteiger partial charge on any atom is 0.404 e. The average Bonchev–Trinajstić information content (AvgIpc) is 3.59. The number of cyclic esters (lactones) is 1. The monoisotopic (exact) mass is 547 g/mol. The van der Waals surface area contributed by atoms with Crippen LogP contribution in [0, 0.1) is 19.8 Å². The van der Waals surface area contributed by atoms with E-state index in [-0.39, 0.29) is 36.6 Å². The molecule has 5 rings (SSSR count). The van der Waals surface area contributed by atoms with Crippen LogP contribution in [0.5, 0.6) is 0 Å². The quantitative estimate of drug-likeness (QED) is 0.320. The standard InChI is InChI=1S/C30H37N5O5/c1-4-21-14-20(9-10-22(21)17-31-29(38)39)11-12-30(23-7-5-6-8-23)16-25(36)24(27(37)40-30)15-26-33-28-32-18(2)13-19(3)35(28)34-26/h9-10,13-14,23,31,36H,4-8,11-12,15-17H2,1-3H3,(H,38,39). The lowest BCUT2D eigenvalue weighted by Gasteiger charge is -2.41. The second kappa shape index (κ2) is 11.3. The molecular formula is C30H37N5O5. The minimum absolute atomic E-state index is 0.0622. The Morgan fingerprint density at radius 2 is 1.95 bits per heavy atom. The molecule has 1 aliphatic carbocycles. The number of ether oxygens (including phenoxy) is 1. The molecule has 1 aromatic carbocycles. The molecule has 10 heteroatoms. The number of fused-ring (bicyclic) bond motifs is 1. The smallest absolute Gasteiger partial charge is 0.404 e. The molecule has 1 amide bonds. The van der Waals surface area contributed by atoms with E-state index in [1.807, 2.05) is 39.0 Å². The molecule has 1 fully saturated rings. The third-order valence-electron chi connectivity index (χ3n) is 8.37. The zero-order chi connectivity index (χ0) is 28.4. The van der Waals surface area contributed by atoms with E-state index in [1.165, 1.54) is 0 Å². The van der Waals surface area contributed by atoms with Gasteiger partial charge in [0.15, 0.2) is 5.82 Å². The summed E-state index contributed by atoms with van der Waals surface area (Å²) in [6.07, 6.45) is 5.50. The van der Waals surface area contributed by atoms with Gasteiger partial charge in [0.25, 0.3) is 5.78 Å². The fourth-order valence-electron chi connectivity index (χ4n) is 6.29. The van der Waals surface area contributed by atoms with Crippen molar-refractivity contribution in [3.05, 3.63) is 69.5 Å². The number of hydrogen-bond donors (Lipinski definition) is 3. The Labute approximate surface area is 233 Å². The van der Waals surface area contributed by atoms with Gasteiger partial charge in [0, 0.05) is 30.8 Å². The molecule has 212 valence electrons. The van der Waals surface area contributed by atoms with E-state index < -0.39 is 17.7 Å². The van der Waals surface area contributed by atoms with Gasteiger partial charge in [0.05, 0.1) is 5.57 Å². The van der Waals surface area contributed by atoms with Gasteiger partial charge < -0.3 is 20.3 Å². The van der Waals surface area contributed by atoms with Crippen molar-refractivity contribution in [3.63, 3.8) is 0 Å². The first-order valence-electron chi connectivity index (χ1n) is 14.1. The number of carbonyl (C=O) groups excluding carboxylic acids is 1. The van der Waals surface area contributed by atoms with E-state index in [1.54, 1.807) is 4.52 Å². The highest BCUT2D eigenvalue weighted by molar-refractivity contribution is 5.90. The number of benzene rings is 1. The van der Waals surface area contributed by atoms with E-state index in [4.69, 9.17) is 9.84 Å². The van der Waals surface area contributed by atoms with Crippen LogP contribution < -0.4 is 5.32 Å². The Balaban J connectivity index is 1.37. The molecule has 1 saturated carbocycles. The van der Waals surface area contributed by atoms with Crippen molar-refractivity contribution in [2.24, 2.45) is 5.92 Å². The van der Waals surface area contributed by atoms with Crippen LogP contribution in [0.25, 0.3) is 5.78 Å². The summed E-state index contributed by atoms with van der Waals surface area (Å²) in [6, 6.07) is 8.00. The molecule has 1 aliphatic heterocycles. The number of hydrogen-bond acceptors (Lipinski definition) is 7. The first kappa shape index (κ1) is 27.6. The van der Waals surface area contributed by atoms with Crippen molar-refractivity contribution >= 4 is 17.8 Å². The molecular weight excluding hydrogens is 510 g/mol. The van der Waals surface area contributed by atoms with Crippen LogP contribution >= 0.6 is 0 Å². The third-order valence-corrected chi connectivity index (χ3v) is 8.37. The minimum atomic E-state index is -1.05. The Morgan fingerprint density at radius 1 is 1.18 bits per heavy atom. The van der Waals surface area contributed by atoms with E-state index >= 15 is 0 Å². The van der Waals surface area contributed by atoms with Gasteiger partial charge in [-0.1, -0.05) is 38.0 Å². The maximum absolute atomic E-state index is 13.4. The van der Waals surface area contributed by atoms with Gasteiger partial charge in [0.1, 0.15) is 11.4 Å². The van der Waals surface area contributed by atoms with Crippen LogP contribution in [0.2, 0.25) is 0 Å². The molecule has 3 N–H and O–H groups in total. The van der Waals surface area contributed by atoms with Gasteiger partial charge in [-0.05, 0) is 74.6 Å². The normalized spacial score (nSPS) is 19.8. The lowest BCUT2D eigenvalue weighted by molar-refractivity contribution is -0.167. The van der Waals surface area contributed by atoms with E-state index in [0.717, 1.165) is 60.2 Å². The first-order chi connectivity index (χ1) is 19.2. The summed E-state index contributed by atoms with van der Waals surface area (Å²) < 4.78 is 7.93. The molecule has 2 aliphatic rings. The summed E-state index contributed by atoms with van der Waals surface area (Å²) in [5, 5.41) is 27.1. The van der Waals surface area contributed by atoms with Crippen molar-refractivity contribution in [2.45, 2.75) is 90.7 Å². The summed E-state index contributed by atoms with van der Waals surface area (Å²) in [4.78, 5) is 33.3. The molecule has 0 saturated heterocycles. The van der Waals surface area contributed by atoms with Gasteiger partial charge in [0.2, 0.25) is 0 Å². The number of aryl methyl sites for hydroxylation is 4. The highest BCUT2D eigenvalue weighted by Gasteiger charge is 2.48. The highest BCUT2D eigenvalue weighted by atomic mass is 16.6. The molecule has 10 nitrogen and oxygen atoms in total. The summed E-state index contributed by atoms with van der Waals surface area (Å²) in [7, 11) is 0. The maximum atomic E-state index is 13.4. The molecule has 2 aromatic heterocycles. The van der Waals surface area contributed by atoms with E-state index in [9.17, 15) is 14.7 Å². The molecule has 0 spiro atoms. The van der Waals surface area contributed by atoms with Crippen molar-refractivity contribution in [2.75, 3.05) is 0 Å². The van der Waals surface area contributed by atoms with Crippen LogP contribution in [0.1, 0.15) is 79.4 Å². The van der Waals surface area contributed by atoms with E-state index in [0.29, 0.717) is 24.4 Å². The minimum Gasteiger partial charge on any atom is -0.512 e. The topological polar surface area (TPSA) is 139 Å². The number of carbonyl (C=O) groups is 2. The summed E-state index contributed by atoms with van der Waals surface area (Å²) in [6.45, 7) is 6.13. The fourth-order valence-corrected chi connectivity index (χ4v) is 6.29. The number of aliphatic hydroxyl groups excluding tert-OH is 1. The fraction of sp³-hybridized carbons (Fsp3) is 0.500. The van der Waals surface area contributed by atoms with Crippen LogP contribution in [0.15, 0.2) is 35.6 Å². The van der Waals surface area contributed by atoms with Crippen LogP contribution in [0.3, 0.4) is 0 Å². The van der Waals surface area contributed by atoms with Crippen LogP contribution in [0.4, 0.5) is 4.79 Å². The number of nitrogens with zero attached hydrogens (tertiary/aromatic N) is 4. The summed E-state index contributed by atoms with van der Waals surface area (Å²) in [5.41, 5.74) is 4.32. The number of nitrogens with one attached hydrogen (secondary N) is 1. The molecule has 1 atom stereocenters. The lowest BCUT2D eigenvalue weighted by atomic mass is 9.76. The number of carboxylic acid groups (broad SMARTS) is 1. The zero-order valence-corrected chi connectivity index (χ0v) is 23.4. The number of rotatable bonds is 9.